The Morgan fingerprint density at radius 3 is 2.65 bits per heavy atom. The van der Waals surface area contributed by atoms with Crippen molar-refractivity contribution in [2.45, 2.75) is 38.7 Å². The number of methoxy groups -OCH3 is 1. The van der Waals surface area contributed by atoms with E-state index in [0.29, 0.717) is 12.4 Å². The molecular formula is C15H20O2. The second-order valence-corrected chi connectivity index (χ2v) is 4.79. The lowest BCUT2D eigenvalue weighted by atomic mass is 9.83. The minimum atomic E-state index is 0.238. The number of Topliss-reactive ketones (excluding diaryl/α,β-unsaturated/α-hetero) is 1. The molecule has 1 fully saturated rings. The molecule has 2 rings (SSSR count). The summed E-state index contributed by atoms with van der Waals surface area (Å²) in [4.78, 5) is 12.4. The molecule has 92 valence electrons. The molecule has 1 aliphatic rings. The Kier molecular flexibility index (Phi) is 4.32. The molecular weight excluding hydrogens is 212 g/mol. The molecule has 2 heteroatoms. The minimum absolute atomic E-state index is 0.238. The van der Waals surface area contributed by atoms with Crippen LogP contribution in [0.25, 0.3) is 0 Å². The van der Waals surface area contributed by atoms with Gasteiger partial charge in [-0.3, -0.25) is 4.79 Å². The summed E-state index contributed by atoms with van der Waals surface area (Å²) in [6.07, 6.45) is 5.79. The van der Waals surface area contributed by atoms with Gasteiger partial charge in [-0.1, -0.05) is 43.5 Å². The Morgan fingerprint density at radius 2 is 1.94 bits per heavy atom. The first kappa shape index (κ1) is 12.3. The van der Waals surface area contributed by atoms with E-state index >= 15 is 0 Å². The van der Waals surface area contributed by atoms with E-state index < -0.39 is 0 Å². The van der Waals surface area contributed by atoms with Crippen molar-refractivity contribution < 1.29 is 9.53 Å². The van der Waals surface area contributed by atoms with E-state index in [2.05, 4.69) is 0 Å². The maximum Gasteiger partial charge on any atom is 0.166 e. The van der Waals surface area contributed by atoms with Crippen LogP contribution in [0.3, 0.4) is 0 Å². The van der Waals surface area contributed by atoms with Crippen LogP contribution in [0.5, 0.6) is 0 Å². The summed E-state index contributed by atoms with van der Waals surface area (Å²) in [6.45, 7) is 0.522. The molecule has 0 aliphatic heterocycles. The van der Waals surface area contributed by atoms with Crippen LogP contribution in [0.1, 0.15) is 48.0 Å². The molecule has 1 aromatic carbocycles. The predicted molar refractivity (Wildman–Crippen MR) is 68.1 cm³/mol. The number of benzene rings is 1. The van der Waals surface area contributed by atoms with Gasteiger partial charge in [-0.25, -0.2) is 0 Å². The molecule has 0 amide bonds. The van der Waals surface area contributed by atoms with Gasteiger partial charge >= 0.3 is 0 Å². The quantitative estimate of drug-likeness (QED) is 0.741. The van der Waals surface area contributed by atoms with E-state index in [1.165, 1.54) is 19.3 Å². The van der Waals surface area contributed by atoms with Gasteiger partial charge in [0.25, 0.3) is 0 Å². The second-order valence-electron chi connectivity index (χ2n) is 4.79. The van der Waals surface area contributed by atoms with Gasteiger partial charge in [0.2, 0.25) is 0 Å². The highest BCUT2D eigenvalue weighted by atomic mass is 16.5. The van der Waals surface area contributed by atoms with Crippen molar-refractivity contribution in [3.8, 4) is 0 Å². The number of hydrogen-bond donors (Lipinski definition) is 0. The highest BCUT2D eigenvalue weighted by molar-refractivity contribution is 5.99. The molecule has 1 aromatic rings. The lowest BCUT2D eigenvalue weighted by molar-refractivity contribution is 0.0884. The lowest BCUT2D eigenvalue weighted by Gasteiger charge is -2.21. The Hall–Kier alpha value is -1.15. The summed E-state index contributed by atoms with van der Waals surface area (Å²) in [5.41, 5.74) is 1.88. The summed E-state index contributed by atoms with van der Waals surface area (Å²) in [5.74, 6) is 0.555. The van der Waals surface area contributed by atoms with Crippen molar-refractivity contribution in [1.29, 1.82) is 0 Å². The number of rotatable bonds is 4. The zero-order chi connectivity index (χ0) is 12.1. The molecule has 0 aromatic heterocycles. The Balaban J connectivity index is 2.17. The molecule has 0 saturated heterocycles. The van der Waals surface area contributed by atoms with Crippen LogP contribution in [-0.4, -0.2) is 12.9 Å². The van der Waals surface area contributed by atoms with Gasteiger partial charge < -0.3 is 4.74 Å². The maximum atomic E-state index is 12.4. The van der Waals surface area contributed by atoms with E-state index in [9.17, 15) is 4.79 Å². The van der Waals surface area contributed by atoms with Crippen molar-refractivity contribution in [2.75, 3.05) is 7.11 Å². The van der Waals surface area contributed by atoms with Crippen LogP contribution in [0, 0.1) is 5.92 Å². The fourth-order valence-corrected chi connectivity index (χ4v) is 2.63. The monoisotopic (exact) mass is 232 g/mol. The number of carbonyl (C=O) groups is 1. The van der Waals surface area contributed by atoms with Gasteiger partial charge in [-0.05, 0) is 18.4 Å². The van der Waals surface area contributed by atoms with Crippen LogP contribution in [0.4, 0.5) is 0 Å². The number of ketones is 1. The van der Waals surface area contributed by atoms with Crippen molar-refractivity contribution in [3.05, 3.63) is 35.4 Å². The predicted octanol–water partition coefficient (Wildman–Crippen LogP) is 3.60. The Bertz CT molecular complexity index is 378. The third kappa shape index (κ3) is 2.95. The SMILES string of the molecule is COCc1ccccc1C(=O)C1CCCCC1. The average Bonchev–Trinajstić information content (AvgIpc) is 2.40. The Morgan fingerprint density at radius 1 is 1.24 bits per heavy atom. The number of hydrogen-bond acceptors (Lipinski definition) is 2. The lowest BCUT2D eigenvalue weighted by Crippen LogP contribution is -2.19. The molecule has 0 radical (unpaired) electrons. The fourth-order valence-electron chi connectivity index (χ4n) is 2.63. The minimum Gasteiger partial charge on any atom is -0.380 e. The number of ether oxygens (including phenoxy) is 1. The summed E-state index contributed by atoms with van der Waals surface area (Å²) >= 11 is 0. The summed E-state index contributed by atoms with van der Waals surface area (Å²) < 4.78 is 5.15. The molecule has 0 atom stereocenters. The summed E-state index contributed by atoms with van der Waals surface area (Å²) in [5, 5.41) is 0. The van der Waals surface area contributed by atoms with Gasteiger partial charge in [0.05, 0.1) is 6.61 Å². The first-order valence-electron chi connectivity index (χ1n) is 6.44. The zero-order valence-electron chi connectivity index (χ0n) is 10.4. The first-order chi connectivity index (χ1) is 8.33. The molecule has 0 N–H and O–H groups in total. The van der Waals surface area contributed by atoms with Crippen LogP contribution >= 0.6 is 0 Å². The van der Waals surface area contributed by atoms with Crippen LogP contribution < -0.4 is 0 Å². The van der Waals surface area contributed by atoms with Crippen LogP contribution in [-0.2, 0) is 11.3 Å². The molecule has 0 bridgehead atoms. The van der Waals surface area contributed by atoms with Crippen molar-refractivity contribution in [3.63, 3.8) is 0 Å². The molecule has 1 saturated carbocycles. The number of carbonyl (C=O) groups excluding carboxylic acids is 1. The normalized spacial score (nSPS) is 17.0. The second kappa shape index (κ2) is 5.97. The van der Waals surface area contributed by atoms with Crippen molar-refractivity contribution in [1.82, 2.24) is 0 Å². The molecule has 2 nitrogen and oxygen atoms in total. The van der Waals surface area contributed by atoms with Gasteiger partial charge in [-0.15, -0.1) is 0 Å². The van der Waals surface area contributed by atoms with Crippen LogP contribution in [0.2, 0.25) is 0 Å². The molecule has 0 unspecified atom stereocenters. The summed E-state index contributed by atoms with van der Waals surface area (Å²) in [6, 6.07) is 7.83. The maximum absolute atomic E-state index is 12.4. The molecule has 17 heavy (non-hydrogen) atoms. The van der Waals surface area contributed by atoms with E-state index in [4.69, 9.17) is 4.74 Å². The third-order valence-corrected chi connectivity index (χ3v) is 3.56. The smallest absolute Gasteiger partial charge is 0.166 e. The van der Waals surface area contributed by atoms with E-state index in [0.717, 1.165) is 24.0 Å². The molecule has 1 aliphatic carbocycles. The zero-order valence-corrected chi connectivity index (χ0v) is 10.4. The largest absolute Gasteiger partial charge is 0.380 e. The van der Waals surface area contributed by atoms with E-state index in [1.807, 2.05) is 24.3 Å². The average molecular weight is 232 g/mol. The Labute approximate surface area is 103 Å². The molecule has 0 spiro atoms. The van der Waals surface area contributed by atoms with Gasteiger partial charge in [0, 0.05) is 18.6 Å². The fraction of sp³-hybridized carbons (Fsp3) is 0.533. The molecule has 0 heterocycles. The van der Waals surface area contributed by atoms with Gasteiger partial charge in [0.15, 0.2) is 5.78 Å². The highest BCUT2D eigenvalue weighted by Gasteiger charge is 2.23. The van der Waals surface area contributed by atoms with Gasteiger partial charge in [-0.2, -0.15) is 0 Å². The first-order valence-corrected chi connectivity index (χ1v) is 6.44. The van der Waals surface area contributed by atoms with Gasteiger partial charge in [0.1, 0.15) is 0 Å². The third-order valence-electron chi connectivity index (χ3n) is 3.56. The van der Waals surface area contributed by atoms with Crippen LogP contribution in [0.15, 0.2) is 24.3 Å². The summed E-state index contributed by atoms with van der Waals surface area (Å²) in [7, 11) is 1.67. The van der Waals surface area contributed by atoms with E-state index in [-0.39, 0.29) is 5.92 Å². The standard InChI is InChI=1S/C15H20O2/c1-17-11-13-9-5-6-10-14(13)15(16)12-7-3-2-4-8-12/h5-6,9-10,12H,2-4,7-8,11H2,1H3. The topological polar surface area (TPSA) is 26.3 Å². The van der Waals surface area contributed by atoms with E-state index in [1.54, 1.807) is 7.11 Å². The highest BCUT2D eigenvalue weighted by Crippen LogP contribution is 2.28. The van der Waals surface area contributed by atoms with Crippen molar-refractivity contribution in [2.24, 2.45) is 5.92 Å². The van der Waals surface area contributed by atoms with Crippen molar-refractivity contribution >= 4 is 5.78 Å².